The first kappa shape index (κ1) is 12.9. The summed E-state index contributed by atoms with van der Waals surface area (Å²) in [6, 6.07) is 6.88. The molecule has 86 valence electrons. The lowest BCUT2D eigenvalue weighted by molar-refractivity contribution is 0.355. The number of ether oxygens (including phenoxy) is 2. The van der Waals surface area contributed by atoms with Crippen LogP contribution in [0, 0.1) is 16.7 Å². The van der Waals surface area contributed by atoms with E-state index in [1.807, 2.05) is 11.9 Å². The molecule has 0 heterocycles. The summed E-state index contributed by atoms with van der Waals surface area (Å²) in [6.07, 6.45) is 0. The van der Waals surface area contributed by atoms with Gasteiger partial charge in [0.05, 0.1) is 19.1 Å². The summed E-state index contributed by atoms with van der Waals surface area (Å²) in [5.41, 5.74) is 0.640. The molecule has 0 aliphatic carbocycles. The van der Waals surface area contributed by atoms with Crippen LogP contribution in [-0.2, 0) is 0 Å². The van der Waals surface area contributed by atoms with Crippen molar-refractivity contribution in [2.75, 3.05) is 14.2 Å². The molecule has 0 unspecified atom stereocenters. The smallest absolute Gasteiger partial charge is 0.161 e. The molecular weight excluding hydrogens is 236 g/mol. The maximum Gasteiger partial charge on any atom is 0.161 e. The average molecular weight is 246 g/mol. The zero-order chi connectivity index (χ0) is 12.8. The van der Waals surface area contributed by atoms with Crippen molar-refractivity contribution >= 4 is 23.0 Å². The van der Waals surface area contributed by atoms with Gasteiger partial charge in [0.2, 0.25) is 0 Å². The summed E-state index contributed by atoms with van der Waals surface area (Å²) in [5.74, 6) is 3.11. The second-order valence-electron chi connectivity index (χ2n) is 3.01. The van der Waals surface area contributed by atoms with Crippen LogP contribution < -0.4 is 9.47 Å². The van der Waals surface area contributed by atoms with Crippen LogP contribution in [0.1, 0.15) is 5.56 Å². The van der Waals surface area contributed by atoms with Crippen molar-refractivity contribution in [2.24, 2.45) is 0 Å². The summed E-state index contributed by atoms with van der Waals surface area (Å²) in [7, 11) is 3.05. The molecule has 0 bridgehead atoms. The molecule has 1 N–H and O–H groups in total. The summed E-state index contributed by atoms with van der Waals surface area (Å²) in [4.78, 5) is 0.267. The quantitative estimate of drug-likeness (QED) is 0.290. The van der Waals surface area contributed by atoms with E-state index in [0.717, 1.165) is 0 Å². The Morgan fingerprint density at radius 2 is 1.94 bits per heavy atom. The van der Waals surface area contributed by atoms with Gasteiger partial charge in [-0.2, -0.15) is 5.26 Å². The highest BCUT2D eigenvalue weighted by atomic mass is 32.1. The molecule has 17 heavy (non-hydrogen) atoms. The molecule has 0 aliphatic rings. The Hall–Kier alpha value is -2.15. The van der Waals surface area contributed by atoms with Gasteiger partial charge >= 0.3 is 0 Å². The van der Waals surface area contributed by atoms with E-state index in [2.05, 4.69) is 0 Å². The number of methoxy groups -OCH3 is 2. The first-order valence-electron chi connectivity index (χ1n) is 4.64. The number of hydrogen-bond donors (Lipinski definition) is 1. The van der Waals surface area contributed by atoms with E-state index >= 15 is 0 Å². The molecule has 1 rings (SSSR count). The van der Waals surface area contributed by atoms with Crippen molar-refractivity contribution in [3.05, 3.63) is 29.3 Å². The predicted molar refractivity (Wildman–Crippen MR) is 68.1 cm³/mol. The number of benzene rings is 1. The number of rotatable bonds is 4. The van der Waals surface area contributed by atoms with Crippen LogP contribution in [0.4, 0.5) is 0 Å². The van der Waals surface area contributed by atoms with Gasteiger partial charge in [-0.05, 0) is 29.6 Å². The third kappa shape index (κ3) is 2.70. The Bertz CT molecular complexity index is 540. The fourth-order valence-electron chi connectivity index (χ4n) is 1.26. The molecule has 4 nitrogen and oxygen atoms in total. The average Bonchev–Trinajstić information content (AvgIpc) is 2.39. The Morgan fingerprint density at radius 1 is 1.29 bits per heavy atom. The topological polar surface area (TPSA) is 66.1 Å². The van der Waals surface area contributed by atoms with Crippen LogP contribution in [0.5, 0.6) is 11.5 Å². The van der Waals surface area contributed by atoms with Crippen LogP contribution in [0.2, 0.25) is 0 Å². The van der Waals surface area contributed by atoms with E-state index in [1.165, 1.54) is 14.2 Å². The highest BCUT2D eigenvalue weighted by molar-refractivity contribution is 7.81. The molecule has 0 spiro atoms. The minimum atomic E-state index is 0.0206. The monoisotopic (exact) mass is 246 g/mol. The van der Waals surface area contributed by atoms with E-state index in [4.69, 9.17) is 32.4 Å². The molecule has 0 aromatic heterocycles. The van der Waals surface area contributed by atoms with Crippen LogP contribution in [-0.4, -0.2) is 25.0 Å². The maximum atomic E-state index is 8.77. The normalized spacial score (nSPS) is 8.76. The largest absolute Gasteiger partial charge is 0.493 e. The van der Waals surface area contributed by atoms with E-state index < -0.39 is 0 Å². The first-order chi connectivity index (χ1) is 8.17. The van der Waals surface area contributed by atoms with Crippen LogP contribution >= 0.6 is 12.2 Å². The SMILES string of the molecule is COc1ccc(C(=S)C(=C=N)C#N)cc1OC. The molecule has 0 aliphatic heterocycles. The number of nitrogens with one attached hydrogen (secondary N) is 1. The number of thiocarbonyl (C=S) groups is 1. The minimum absolute atomic E-state index is 0.0206. The molecule has 5 heteroatoms. The minimum Gasteiger partial charge on any atom is -0.493 e. The van der Waals surface area contributed by atoms with E-state index in [0.29, 0.717) is 17.1 Å². The second-order valence-corrected chi connectivity index (χ2v) is 3.42. The molecular formula is C12H10N2O2S. The van der Waals surface area contributed by atoms with Crippen molar-refractivity contribution in [3.8, 4) is 17.6 Å². The van der Waals surface area contributed by atoms with Gasteiger partial charge in [0, 0.05) is 0 Å². The van der Waals surface area contributed by atoms with Gasteiger partial charge in [-0.15, -0.1) is 0 Å². The van der Waals surface area contributed by atoms with Crippen LogP contribution in [0.15, 0.2) is 23.8 Å². The highest BCUT2D eigenvalue weighted by Gasteiger charge is 2.11. The van der Waals surface area contributed by atoms with Gasteiger partial charge in [0.25, 0.3) is 0 Å². The number of hydrogen-bond acceptors (Lipinski definition) is 5. The third-order valence-corrected chi connectivity index (χ3v) is 2.55. The summed E-state index contributed by atoms with van der Waals surface area (Å²) in [5, 5.41) is 15.7. The Balaban J connectivity index is 3.22. The van der Waals surface area contributed by atoms with Gasteiger partial charge in [-0.25, -0.2) is 0 Å². The first-order valence-corrected chi connectivity index (χ1v) is 5.05. The van der Waals surface area contributed by atoms with Crippen molar-refractivity contribution in [1.29, 1.82) is 10.7 Å². The summed E-state index contributed by atoms with van der Waals surface area (Å²) < 4.78 is 10.2. The van der Waals surface area contributed by atoms with Gasteiger partial charge in [0.1, 0.15) is 11.6 Å². The van der Waals surface area contributed by atoms with Gasteiger partial charge in [-0.1, -0.05) is 12.2 Å². The fourth-order valence-corrected chi connectivity index (χ4v) is 1.48. The standard InChI is InChI=1S/C12H10N2O2S/c1-15-10-4-3-8(5-11(10)16-2)12(17)9(6-13)7-14/h3-5,13H,1-2H3. The van der Waals surface area contributed by atoms with Gasteiger partial charge < -0.3 is 9.47 Å². The lowest BCUT2D eigenvalue weighted by Gasteiger charge is -2.09. The van der Waals surface area contributed by atoms with Gasteiger partial charge in [-0.3, -0.25) is 5.41 Å². The molecule has 1 aromatic carbocycles. The van der Waals surface area contributed by atoms with Crippen molar-refractivity contribution in [3.63, 3.8) is 0 Å². The highest BCUT2D eigenvalue weighted by Crippen LogP contribution is 2.28. The zero-order valence-corrected chi connectivity index (χ0v) is 10.2. The molecule has 0 saturated heterocycles. The lowest BCUT2D eigenvalue weighted by Crippen LogP contribution is -2.02. The summed E-state index contributed by atoms with van der Waals surface area (Å²) >= 11 is 5.09. The predicted octanol–water partition coefficient (Wildman–Crippen LogP) is 2.12. The van der Waals surface area contributed by atoms with Crippen molar-refractivity contribution < 1.29 is 9.47 Å². The Labute approximate surface area is 105 Å². The Morgan fingerprint density at radius 3 is 2.41 bits per heavy atom. The van der Waals surface area contributed by atoms with Crippen molar-refractivity contribution in [2.45, 2.75) is 0 Å². The zero-order valence-electron chi connectivity index (χ0n) is 9.40. The van der Waals surface area contributed by atoms with Crippen molar-refractivity contribution in [1.82, 2.24) is 0 Å². The van der Waals surface area contributed by atoms with E-state index in [9.17, 15) is 0 Å². The van der Waals surface area contributed by atoms with E-state index in [-0.39, 0.29) is 10.4 Å². The molecule has 0 amide bonds. The molecule has 1 aromatic rings. The number of nitriles is 1. The second kappa shape index (κ2) is 5.80. The molecule has 0 atom stereocenters. The maximum absolute atomic E-state index is 8.77. The van der Waals surface area contributed by atoms with Gasteiger partial charge in [0.15, 0.2) is 11.5 Å². The van der Waals surface area contributed by atoms with Crippen LogP contribution in [0.25, 0.3) is 0 Å². The molecule has 0 radical (unpaired) electrons. The Kier molecular flexibility index (Phi) is 4.41. The lowest BCUT2D eigenvalue weighted by atomic mass is 10.1. The number of nitrogens with zero attached hydrogens (tertiary/aromatic N) is 1. The number of allylic oxidation sites excluding steroid dienone is 1. The third-order valence-electron chi connectivity index (χ3n) is 2.11. The summed E-state index contributed by atoms with van der Waals surface area (Å²) in [6.45, 7) is 0. The fraction of sp³-hybridized carbons (Fsp3) is 0.167. The molecule has 0 saturated carbocycles. The molecule has 0 fully saturated rings. The van der Waals surface area contributed by atoms with E-state index in [1.54, 1.807) is 18.2 Å². The van der Waals surface area contributed by atoms with Crippen LogP contribution in [0.3, 0.4) is 0 Å².